The third-order valence-electron chi connectivity index (χ3n) is 3.44. The van der Waals surface area contributed by atoms with Gasteiger partial charge < -0.3 is 5.32 Å². The van der Waals surface area contributed by atoms with E-state index < -0.39 is 0 Å². The van der Waals surface area contributed by atoms with Gasteiger partial charge in [0.15, 0.2) is 5.65 Å². The Morgan fingerprint density at radius 2 is 1.95 bits per heavy atom. The second-order valence-electron chi connectivity index (χ2n) is 4.72. The molecule has 102 valence electrons. The lowest BCUT2D eigenvalue weighted by molar-refractivity contribution is 0.730. The molecule has 1 N–H and O–H groups in total. The number of nitrogens with zero attached hydrogens (tertiary/aromatic N) is 5. The number of pyridine rings is 1. The summed E-state index contributed by atoms with van der Waals surface area (Å²) in [5, 5.41) is 7.72. The average Bonchev–Trinajstić information content (AvgIpc) is 2.70. The van der Waals surface area contributed by atoms with Crippen molar-refractivity contribution in [2.45, 2.75) is 20.4 Å². The van der Waals surface area contributed by atoms with Crippen LogP contribution in [0.2, 0.25) is 0 Å². The highest BCUT2D eigenvalue weighted by Gasteiger charge is 2.09. The van der Waals surface area contributed by atoms with E-state index in [-0.39, 0.29) is 0 Å². The highest BCUT2D eigenvalue weighted by atomic mass is 15.3. The molecule has 3 rings (SSSR count). The molecule has 0 aliphatic rings. The molecule has 3 heterocycles. The first-order valence-electron chi connectivity index (χ1n) is 6.46. The number of nitrogens with one attached hydrogen (secondary N) is 1. The van der Waals surface area contributed by atoms with E-state index in [0.29, 0.717) is 12.2 Å². The largest absolute Gasteiger partial charge is 0.366 e. The van der Waals surface area contributed by atoms with E-state index in [0.717, 1.165) is 22.7 Å². The number of rotatable bonds is 3. The summed E-state index contributed by atoms with van der Waals surface area (Å²) in [5.74, 6) is 0.792. The Morgan fingerprint density at radius 3 is 2.70 bits per heavy atom. The minimum absolute atomic E-state index is 0.650. The lowest BCUT2D eigenvalue weighted by Crippen LogP contribution is -2.04. The monoisotopic (exact) mass is 268 g/mol. The molecular weight excluding hydrogens is 252 g/mol. The molecule has 0 saturated carbocycles. The van der Waals surface area contributed by atoms with E-state index in [1.54, 1.807) is 12.4 Å². The number of hydrogen-bond donors (Lipinski definition) is 1. The second kappa shape index (κ2) is 4.88. The van der Waals surface area contributed by atoms with Crippen molar-refractivity contribution >= 4 is 17.0 Å². The molecule has 0 aromatic carbocycles. The predicted molar refractivity (Wildman–Crippen MR) is 77.3 cm³/mol. The smallest absolute Gasteiger partial charge is 0.180 e. The Balaban J connectivity index is 1.83. The van der Waals surface area contributed by atoms with Crippen molar-refractivity contribution < 1.29 is 0 Å². The predicted octanol–water partition coefficient (Wildman–Crippen LogP) is 1.99. The number of fused-ring (bicyclic) bond motifs is 1. The third-order valence-corrected chi connectivity index (χ3v) is 3.44. The lowest BCUT2D eigenvalue weighted by atomic mass is 10.2. The molecule has 6 nitrogen and oxygen atoms in total. The molecule has 3 aromatic heterocycles. The molecule has 0 spiro atoms. The summed E-state index contributed by atoms with van der Waals surface area (Å²) >= 11 is 0. The van der Waals surface area contributed by atoms with Gasteiger partial charge in [-0.3, -0.25) is 9.67 Å². The van der Waals surface area contributed by atoms with Gasteiger partial charge in [-0.25, -0.2) is 9.97 Å². The van der Waals surface area contributed by atoms with Gasteiger partial charge in [0.05, 0.1) is 5.69 Å². The summed E-state index contributed by atoms with van der Waals surface area (Å²) in [6.07, 6.45) is 3.31. The van der Waals surface area contributed by atoms with E-state index in [2.05, 4.69) is 32.3 Å². The van der Waals surface area contributed by atoms with Gasteiger partial charge in [0.25, 0.3) is 0 Å². The van der Waals surface area contributed by atoms with Crippen molar-refractivity contribution in [2.75, 3.05) is 5.32 Å². The number of aryl methyl sites for hydroxylation is 2. The van der Waals surface area contributed by atoms with Gasteiger partial charge in [0.2, 0.25) is 0 Å². The Morgan fingerprint density at radius 1 is 1.15 bits per heavy atom. The van der Waals surface area contributed by atoms with Gasteiger partial charge in [0, 0.05) is 37.2 Å². The van der Waals surface area contributed by atoms with Crippen LogP contribution in [-0.2, 0) is 13.6 Å². The lowest BCUT2D eigenvalue weighted by Gasteiger charge is -2.06. The van der Waals surface area contributed by atoms with Crippen LogP contribution in [0.15, 0.2) is 24.5 Å². The molecule has 0 aliphatic carbocycles. The van der Waals surface area contributed by atoms with Crippen LogP contribution in [0.5, 0.6) is 0 Å². The molecule has 3 aromatic rings. The van der Waals surface area contributed by atoms with Crippen molar-refractivity contribution in [3.05, 3.63) is 41.5 Å². The van der Waals surface area contributed by atoms with E-state index in [9.17, 15) is 0 Å². The molecule has 6 heteroatoms. The number of anilines is 1. The van der Waals surface area contributed by atoms with Gasteiger partial charge in [-0.15, -0.1) is 0 Å². The fraction of sp³-hybridized carbons (Fsp3) is 0.286. The summed E-state index contributed by atoms with van der Waals surface area (Å²) in [5.41, 5.74) is 4.85. The van der Waals surface area contributed by atoms with Gasteiger partial charge in [0.1, 0.15) is 11.3 Å². The van der Waals surface area contributed by atoms with E-state index >= 15 is 0 Å². The average molecular weight is 268 g/mol. The molecular formula is C14H16N6. The SMILES string of the molecule is Cc1nn(C)c(C)c1CNc1ccc2nccnc2n1. The maximum Gasteiger partial charge on any atom is 0.180 e. The highest BCUT2D eigenvalue weighted by Crippen LogP contribution is 2.15. The van der Waals surface area contributed by atoms with Crippen LogP contribution < -0.4 is 5.32 Å². The van der Waals surface area contributed by atoms with E-state index in [4.69, 9.17) is 0 Å². The van der Waals surface area contributed by atoms with Gasteiger partial charge in [-0.05, 0) is 26.0 Å². The minimum Gasteiger partial charge on any atom is -0.366 e. The summed E-state index contributed by atoms with van der Waals surface area (Å²) < 4.78 is 1.89. The maximum atomic E-state index is 4.44. The van der Waals surface area contributed by atoms with Crippen LogP contribution in [0.4, 0.5) is 5.82 Å². The zero-order valence-corrected chi connectivity index (χ0v) is 11.8. The van der Waals surface area contributed by atoms with Crippen molar-refractivity contribution in [1.82, 2.24) is 24.7 Å². The third kappa shape index (κ3) is 2.20. The Labute approximate surface area is 116 Å². The number of aromatic nitrogens is 5. The normalized spacial score (nSPS) is 10.9. The standard InChI is InChI=1S/C14H16N6/c1-9-11(10(2)20(3)19-9)8-17-13-5-4-12-14(18-13)16-7-6-15-12/h4-7H,8H2,1-3H3,(H,16,17,18). The van der Waals surface area contributed by atoms with Gasteiger partial charge in [-0.1, -0.05) is 0 Å². The molecule has 0 saturated heterocycles. The van der Waals surface area contributed by atoms with Crippen molar-refractivity contribution in [2.24, 2.45) is 7.05 Å². The maximum absolute atomic E-state index is 4.44. The topological polar surface area (TPSA) is 68.5 Å². The Hall–Kier alpha value is -2.50. The number of hydrogen-bond acceptors (Lipinski definition) is 5. The first-order chi connectivity index (χ1) is 9.65. The quantitative estimate of drug-likeness (QED) is 0.786. The molecule has 0 fully saturated rings. The van der Waals surface area contributed by atoms with E-state index in [1.165, 1.54) is 5.56 Å². The van der Waals surface area contributed by atoms with Crippen LogP contribution in [0, 0.1) is 13.8 Å². The van der Waals surface area contributed by atoms with Crippen LogP contribution in [0.3, 0.4) is 0 Å². The summed E-state index contributed by atoms with van der Waals surface area (Å²) in [7, 11) is 1.95. The minimum atomic E-state index is 0.650. The van der Waals surface area contributed by atoms with Crippen LogP contribution >= 0.6 is 0 Å². The zero-order chi connectivity index (χ0) is 14.1. The zero-order valence-electron chi connectivity index (χ0n) is 11.8. The van der Waals surface area contributed by atoms with Crippen LogP contribution in [-0.4, -0.2) is 24.7 Å². The Bertz CT molecular complexity index is 761. The van der Waals surface area contributed by atoms with Gasteiger partial charge >= 0.3 is 0 Å². The molecule has 0 radical (unpaired) electrons. The van der Waals surface area contributed by atoms with Crippen molar-refractivity contribution in [3.8, 4) is 0 Å². The fourth-order valence-corrected chi connectivity index (χ4v) is 2.21. The van der Waals surface area contributed by atoms with Crippen molar-refractivity contribution in [1.29, 1.82) is 0 Å². The molecule has 0 bridgehead atoms. The molecule has 0 unspecified atom stereocenters. The molecule has 0 atom stereocenters. The first-order valence-corrected chi connectivity index (χ1v) is 6.46. The molecule has 0 amide bonds. The fourth-order valence-electron chi connectivity index (χ4n) is 2.21. The van der Waals surface area contributed by atoms with Crippen LogP contribution in [0.1, 0.15) is 17.0 Å². The first kappa shape index (κ1) is 12.5. The highest BCUT2D eigenvalue weighted by molar-refractivity contribution is 5.71. The molecule has 20 heavy (non-hydrogen) atoms. The van der Waals surface area contributed by atoms with Gasteiger partial charge in [-0.2, -0.15) is 5.10 Å². The van der Waals surface area contributed by atoms with Crippen LogP contribution in [0.25, 0.3) is 11.2 Å². The summed E-state index contributed by atoms with van der Waals surface area (Å²) in [4.78, 5) is 12.9. The Kier molecular flexibility index (Phi) is 3.06. The summed E-state index contributed by atoms with van der Waals surface area (Å²) in [6, 6.07) is 3.83. The molecule has 0 aliphatic heterocycles. The van der Waals surface area contributed by atoms with Crippen molar-refractivity contribution in [3.63, 3.8) is 0 Å². The van der Waals surface area contributed by atoms with E-state index in [1.807, 2.05) is 30.8 Å². The summed E-state index contributed by atoms with van der Waals surface area (Å²) in [6.45, 7) is 4.78. The second-order valence-corrected chi connectivity index (χ2v) is 4.72.